The van der Waals surface area contributed by atoms with Gasteiger partial charge in [0.2, 0.25) is 0 Å². The van der Waals surface area contributed by atoms with Crippen LogP contribution in [0, 0.1) is 0 Å². The van der Waals surface area contributed by atoms with Gasteiger partial charge in [-0.05, 0) is 59.7 Å². The van der Waals surface area contributed by atoms with Crippen LogP contribution < -0.4 is 4.74 Å². The molecule has 0 saturated carbocycles. The molecule has 0 spiro atoms. The number of alkyl halides is 6. The molecule has 0 atom stereocenters. The topological polar surface area (TPSA) is 22.1 Å². The van der Waals surface area contributed by atoms with Crippen molar-refractivity contribution in [1.82, 2.24) is 4.98 Å². The number of nitrogens with zero attached hydrogens (tertiary/aromatic N) is 1. The number of hydrogen-bond acceptors (Lipinski definition) is 2. The van der Waals surface area contributed by atoms with Crippen molar-refractivity contribution in [2.45, 2.75) is 18.8 Å². The molecular formula is C25H17F6NO. The number of pyridine rings is 1. The number of fused-ring (bicyclic) bond motifs is 1. The van der Waals surface area contributed by atoms with Gasteiger partial charge in [-0.2, -0.15) is 26.3 Å². The van der Waals surface area contributed by atoms with Crippen molar-refractivity contribution in [1.29, 1.82) is 0 Å². The Morgan fingerprint density at radius 1 is 0.727 bits per heavy atom. The zero-order valence-electron chi connectivity index (χ0n) is 17.3. The van der Waals surface area contributed by atoms with E-state index in [2.05, 4.69) is 4.98 Å². The summed E-state index contributed by atoms with van der Waals surface area (Å²) in [5, 5.41) is 0.723. The molecule has 1 heterocycles. The Morgan fingerprint density at radius 2 is 1.30 bits per heavy atom. The van der Waals surface area contributed by atoms with Crippen LogP contribution >= 0.6 is 0 Å². The average Bonchev–Trinajstić information content (AvgIpc) is 2.77. The first-order valence-corrected chi connectivity index (χ1v) is 9.86. The molecule has 0 fully saturated rings. The third-order valence-corrected chi connectivity index (χ3v) is 5.28. The van der Waals surface area contributed by atoms with E-state index in [1.807, 2.05) is 0 Å². The maximum atomic E-state index is 13.0. The van der Waals surface area contributed by atoms with E-state index >= 15 is 0 Å². The Labute approximate surface area is 185 Å². The number of hydrogen-bond donors (Lipinski definition) is 0. The normalized spacial score (nSPS) is 12.2. The predicted molar refractivity (Wildman–Crippen MR) is 113 cm³/mol. The molecule has 4 aromatic rings. The van der Waals surface area contributed by atoms with E-state index in [4.69, 9.17) is 4.74 Å². The highest BCUT2D eigenvalue weighted by atomic mass is 19.4. The van der Waals surface area contributed by atoms with Gasteiger partial charge in [0.05, 0.1) is 29.4 Å². The third kappa shape index (κ3) is 4.94. The summed E-state index contributed by atoms with van der Waals surface area (Å²) in [5.74, 6) is 0.596. The molecule has 0 saturated heterocycles. The molecule has 8 heteroatoms. The van der Waals surface area contributed by atoms with Crippen LogP contribution in [0.2, 0.25) is 0 Å². The lowest BCUT2D eigenvalue weighted by molar-refractivity contribution is -0.138. The van der Waals surface area contributed by atoms with Crippen molar-refractivity contribution in [3.8, 4) is 16.9 Å². The molecule has 0 unspecified atom stereocenters. The fraction of sp³-hybridized carbons (Fsp3) is 0.160. The van der Waals surface area contributed by atoms with Crippen LogP contribution in [0.25, 0.3) is 22.0 Å². The van der Waals surface area contributed by atoms with Crippen molar-refractivity contribution < 1.29 is 31.1 Å². The number of benzene rings is 3. The minimum atomic E-state index is -4.46. The lowest BCUT2D eigenvalue weighted by Gasteiger charge is -2.14. The molecule has 0 radical (unpaired) electrons. The van der Waals surface area contributed by atoms with Gasteiger partial charge in [0.1, 0.15) is 5.75 Å². The lowest BCUT2D eigenvalue weighted by Crippen LogP contribution is -2.05. The summed E-state index contributed by atoms with van der Waals surface area (Å²) >= 11 is 0. The first-order chi connectivity index (χ1) is 15.5. The van der Waals surface area contributed by atoms with Gasteiger partial charge in [-0.1, -0.05) is 24.3 Å². The van der Waals surface area contributed by atoms with E-state index < -0.39 is 23.5 Å². The first-order valence-electron chi connectivity index (χ1n) is 9.86. The highest BCUT2D eigenvalue weighted by molar-refractivity contribution is 5.86. The van der Waals surface area contributed by atoms with Crippen LogP contribution in [-0.2, 0) is 18.8 Å². The van der Waals surface area contributed by atoms with E-state index in [1.165, 1.54) is 31.4 Å². The zero-order valence-corrected chi connectivity index (χ0v) is 17.3. The van der Waals surface area contributed by atoms with Crippen LogP contribution in [0.5, 0.6) is 5.75 Å². The molecule has 33 heavy (non-hydrogen) atoms. The molecule has 0 aliphatic carbocycles. The molecular weight excluding hydrogens is 444 g/mol. The maximum absolute atomic E-state index is 13.0. The molecule has 0 bridgehead atoms. The summed E-state index contributed by atoms with van der Waals surface area (Å²) in [6, 6.07) is 16.5. The van der Waals surface area contributed by atoms with E-state index in [-0.39, 0.29) is 6.42 Å². The second kappa shape index (κ2) is 8.42. The van der Waals surface area contributed by atoms with Crippen LogP contribution in [0.4, 0.5) is 26.3 Å². The molecule has 3 aromatic carbocycles. The number of rotatable bonds is 4. The number of aromatic nitrogens is 1. The SMILES string of the molecule is COc1ccc2nc(Cc3ccc(C(F)(F)F)cc3)c(-c3ccc(C(F)(F)F)cc3)cc2c1. The van der Waals surface area contributed by atoms with E-state index in [1.54, 1.807) is 24.3 Å². The van der Waals surface area contributed by atoms with E-state index in [0.29, 0.717) is 33.7 Å². The van der Waals surface area contributed by atoms with Gasteiger partial charge < -0.3 is 4.74 Å². The molecule has 0 amide bonds. The van der Waals surface area contributed by atoms with Crippen LogP contribution in [0.3, 0.4) is 0 Å². The van der Waals surface area contributed by atoms with Crippen molar-refractivity contribution in [3.05, 3.63) is 95.2 Å². The highest BCUT2D eigenvalue weighted by Gasteiger charge is 2.31. The van der Waals surface area contributed by atoms with Crippen LogP contribution in [0.1, 0.15) is 22.4 Å². The Balaban J connectivity index is 1.80. The largest absolute Gasteiger partial charge is 0.497 e. The molecule has 2 nitrogen and oxygen atoms in total. The molecule has 0 N–H and O–H groups in total. The fourth-order valence-electron chi connectivity index (χ4n) is 3.55. The van der Waals surface area contributed by atoms with Crippen LogP contribution in [-0.4, -0.2) is 12.1 Å². The number of methoxy groups -OCH3 is 1. The van der Waals surface area contributed by atoms with Crippen molar-refractivity contribution in [3.63, 3.8) is 0 Å². The highest BCUT2D eigenvalue weighted by Crippen LogP contribution is 2.34. The number of halogens is 6. The molecule has 170 valence electrons. The molecule has 4 rings (SSSR count). The predicted octanol–water partition coefficient (Wildman–Crippen LogP) is 7.54. The maximum Gasteiger partial charge on any atom is 0.416 e. The number of ether oxygens (including phenoxy) is 1. The van der Waals surface area contributed by atoms with E-state index in [0.717, 1.165) is 29.7 Å². The van der Waals surface area contributed by atoms with Crippen molar-refractivity contribution in [2.24, 2.45) is 0 Å². The Kier molecular flexibility index (Phi) is 5.78. The summed E-state index contributed by atoms with van der Waals surface area (Å²) in [6.45, 7) is 0. The second-order valence-corrected chi connectivity index (χ2v) is 7.49. The monoisotopic (exact) mass is 461 g/mol. The van der Waals surface area contributed by atoms with E-state index in [9.17, 15) is 26.3 Å². The quantitative estimate of drug-likeness (QED) is 0.293. The smallest absolute Gasteiger partial charge is 0.416 e. The summed E-state index contributed by atoms with van der Waals surface area (Å²) in [4.78, 5) is 4.66. The van der Waals surface area contributed by atoms with Gasteiger partial charge in [-0.15, -0.1) is 0 Å². The Hall–Kier alpha value is -3.55. The minimum Gasteiger partial charge on any atom is -0.497 e. The van der Waals surface area contributed by atoms with Gasteiger partial charge >= 0.3 is 12.4 Å². The van der Waals surface area contributed by atoms with Gasteiger partial charge in [-0.25, -0.2) is 0 Å². The Morgan fingerprint density at radius 3 is 1.85 bits per heavy atom. The fourth-order valence-corrected chi connectivity index (χ4v) is 3.55. The Bertz CT molecular complexity index is 1280. The van der Waals surface area contributed by atoms with Gasteiger partial charge in [0.25, 0.3) is 0 Å². The second-order valence-electron chi connectivity index (χ2n) is 7.49. The third-order valence-electron chi connectivity index (χ3n) is 5.28. The zero-order chi connectivity index (χ0) is 23.8. The molecule has 0 aliphatic rings. The summed E-state index contributed by atoms with van der Waals surface area (Å²) in [7, 11) is 1.52. The van der Waals surface area contributed by atoms with Crippen molar-refractivity contribution >= 4 is 10.9 Å². The lowest BCUT2D eigenvalue weighted by atomic mass is 9.96. The average molecular weight is 461 g/mol. The standard InChI is InChI=1S/C25H17F6NO/c1-33-20-10-11-22-17(13-20)14-21(16-4-8-19(9-5-16)25(29,30)31)23(32-22)12-15-2-6-18(7-3-15)24(26,27)28/h2-11,13-14H,12H2,1H3. The van der Waals surface area contributed by atoms with Crippen LogP contribution in [0.15, 0.2) is 72.8 Å². The summed E-state index contributed by atoms with van der Waals surface area (Å²) in [6.07, 6.45) is -8.70. The van der Waals surface area contributed by atoms with Gasteiger partial charge in [-0.3, -0.25) is 4.98 Å². The van der Waals surface area contributed by atoms with Gasteiger partial charge in [0, 0.05) is 17.4 Å². The molecule has 0 aliphatic heterocycles. The first kappa shape index (κ1) is 22.6. The summed E-state index contributed by atoms with van der Waals surface area (Å²) < 4.78 is 82.9. The van der Waals surface area contributed by atoms with Gasteiger partial charge in [0.15, 0.2) is 0 Å². The summed E-state index contributed by atoms with van der Waals surface area (Å²) in [5.41, 5.74) is 1.34. The van der Waals surface area contributed by atoms with Crippen molar-refractivity contribution in [2.75, 3.05) is 7.11 Å². The minimum absolute atomic E-state index is 0.205. The molecule has 1 aromatic heterocycles.